The molecular weight excluding hydrogens is 238 g/mol. The first-order chi connectivity index (χ1) is 9.19. The second kappa shape index (κ2) is 6.35. The van der Waals surface area contributed by atoms with E-state index in [-0.39, 0.29) is 5.91 Å². The molecule has 1 fully saturated rings. The van der Waals surface area contributed by atoms with Gasteiger partial charge in [0.25, 0.3) is 0 Å². The molecule has 1 saturated heterocycles. The smallest absolute Gasteiger partial charge is 0.222 e. The van der Waals surface area contributed by atoms with Crippen molar-refractivity contribution in [2.24, 2.45) is 5.92 Å². The molecule has 4 nitrogen and oxygen atoms in total. The minimum absolute atomic E-state index is 0.177. The third-order valence-electron chi connectivity index (χ3n) is 3.53. The minimum atomic E-state index is 0.177. The first-order valence-electron chi connectivity index (χ1n) is 6.63. The molecule has 0 saturated carbocycles. The highest BCUT2D eigenvalue weighted by Crippen LogP contribution is 2.15. The minimum Gasteiger partial charge on any atom is -0.341 e. The molecule has 1 atom stereocenters. The molecule has 1 aromatic carbocycles. The maximum absolute atomic E-state index is 12.1. The van der Waals surface area contributed by atoms with Gasteiger partial charge >= 0.3 is 0 Å². The maximum Gasteiger partial charge on any atom is 0.222 e. The molecule has 1 aliphatic heterocycles. The third-order valence-corrected chi connectivity index (χ3v) is 3.53. The van der Waals surface area contributed by atoms with Gasteiger partial charge in [0.2, 0.25) is 5.91 Å². The Labute approximate surface area is 114 Å². The largest absolute Gasteiger partial charge is 0.341 e. The van der Waals surface area contributed by atoms with E-state index in [1.807, 2.05) is 25.2 Å². The fourth-order valence-corrected chi connectivity index (χ4v) is 2.39. The second-order valence-corrected chi connectivity index (χ2v) is 5.12. The van der Waals surface area contributed by atoms with Crippen LogP contribution in [0, 0.1) is 17.2 Å². The van der Waals surface area contributed by atoms with Crippen molar-refractivity contribution >= 4 is 5.91 Å². The fourth-order valence-electron chi connectivity index (χ4n) is 2.39. The number of carbonyl (C=O) groups is 1. The molecule has 1 aromatic rings. The van der Waals surface area contributed by atoms with Crippen LogP contribution in [0.4, 0.5) is 0 Å². The zero-order valence-corrected chi connectivity index (χ0v) is 11.2. The maximum atomic E-state index is 12.1. The molecule has 0 aromatic heterocycles. The Balaban J connectivity index is 1.90. The number of rotatable bonds is 4. The molecule has 0 radical (unpaired) electrons. The monoisotopic (exact) mass is 257 g/mol. The van der Waals surface area contributed by atoms with Crippen molar-refractivity contribution in [3.63, 3.8) is 0 Å². The summed E-state index contributed by atoms with van der Waals surface area (Å²) < 4.78 is 0. The Morgan fingerprint density at radius 2 is 2.42 bits per heavy atom. The average Bonchev–Trinajstić information content (AvgIpc) is 2.91. The van der Waals surface area contributed by atoms with Crippen molar-refractivity contribution in [2.75, 3.05) is 20.1 Å². The average molecular weight is 257 g/mol. The Morgan fingerprint density at radius 1 is 1.58 bits per heavy atom. The number of benzene rings is 1. The summed E-state index contributed by atoms with van der Waals surface area (Å²) in [4.78, 5) is 13.8. The highest BCUT2D eigenvalue weighted by molar-refractivity contribution is 5.76. The molecule has 1 amide bonds. The number of nitriles is 1. The van der Waals surface area contributed by atoms with Gasteiger partial charge in [0.1, 0.15) is 0 Å². The van der Waals surface area contributed by atoms with Crippen molar-refractivity contribution < 1.29 is 4.79 Å². The summed E-state index contributed by atoms with van der Waals surface area (Å²) in [6.45, 7) is 2.53. The van der Waals surface area contributed by atoms with Crippen LogP contribution in [-0.2, 0) is 11.3 Å². The van der Waals surface area contributed by atoms with Gasteiger partial charge in [0.05, 0.1) is 11.6 Å². The van der Waals surface area contributed by atoms with E-state index in [2.05, 4.69) is 11.4 Å². The van der Waals surface area contributed by atoms with Crippen LogP contribution in [0.1, 0.15) is 24.0 Å². The molecule has 0 aliphatic carbocycles. The summed E-state index contributed by atoms with van der Waals surface area (Å²) in [6.07, 6.45) is 1.70. The van der Waals surface area contributed by atoms with Gasteiger partial charge in [-0.25, -0.2) is 0 Å². The van der Waals surface area contributed by atoms with Crippen molar-refractivity contribution in [3.05, 3.63) is 35.4 Å². The van der Waals surface area contributed by atoms with Crippen LogP contribution in [0.3, 0.4) is 0 Å². The first-order valence-corrected chi connectivity index (χ1v) is 6.63. The van der Waals surface area contributed by atoms with E-state index in [1.54, 1.807) is 11.0 Å². The van der Waals surface area contributed by atoms with Gasteiger partial charge in [-0.2, -0.15) is 5.26 Å². The lowest BCUT2D eigenvalue weighted by Crippen LogP contribution is -2.28. The van der Waals surface area contributed by atoms with E-state index < -0.39 is 0 Å². The SMILES string of the molecule is CN(Cc1cccc(C#N)c1)C(=O)CC1CCNC1. The summed E-state index contributed by atoms with van der Waals surface area (Å²) in [7, 11) is 1.82. The summed E-state index contributed by atoms with van der Waals surface area (Å²) in [5, 5.41) is 12.1. The van der Waals surface area contributed by atoms with Crippen LogP contribution < -0.4 is 5.32 Å². The van der Waals surface area contributed by atoms with E-state index in [1.165, 1.54) is 0 Å². The van der Waals surface area contributed by atoms with Gasteiger partial charge in [-0.3, -0.25) is 4.79 Å². The highest BCUT2D eigenvalue weighted by Gasteiger charge is 2.20. The zero-order valence-electron chi connectivity index (χ0n) is 11.2. The number of hydrogen-bond acceptors (Lipinski definition) is 3. The molecule has 0 bridgehead atoms. The van der Waals surface area contributed by atoms with Crippen LogP contribution in [0.5, 0.6) is 0 Å². The van der Waals surface area contributed by atoms with E-state index in [4.69, 9.17) is 5.26 Å². The highest BCUT2D eigenvalue weighted by atomic mass is 16.2. The molecule has 4 heteroatoms. The van der Waals surface area contributed by atoms with Crippen LogP contribution in [0.15, 0.2) is 24.3 Å². The summed E-state index contributed by atoms with van der Waals surface area (Å²) in [5.41, 5.74) is 1.64. The molecule has 0 spiro atoms. The van der Waals surface area contributed by atoms with Gasteiger partial charge in [-0.15, -0.1) is 0 Å². The standard InChI is InChI=1S/C15H19N3O/c1-18(15(19)8-13-5-6-17-10-13)11-14-4-2-3-12(7-14)9-16/h2-4,7,13,17H,5-6,8,10-11H2,1H3. The molecule has 1 N–H and O–H groups in total. The predicted octanol–water partition coefficient (Wildman–Crippen LogP) is 1.52. The van der Waals surface area contributed by atoms with E-state index in [0.29, 0.717) is 24.4 Å². The molecular formula is C15H19N3O. The summed E-state index contributed by atoms with van der Waals surface area (Å²) >= 11 is 0. The van der Waals surface area contributed by atoms with E-state index in [0.717, 1.165) is 25.1 Å². The summed E-state index contributed by atoms with van der Waals surface area (Å²) in [6, 6.07) is 9.52. The van der Waals surface area contributed by atoms with Gasteiger partial charge in [-0.1, -0.05) is 12.1 Å². The lowest BCUT2D eigenvalue weighted by Gasteiger charge is -2.19. The lowest BCUT2D eigenvalue weighted by atomic mass is 10.0. The number of amides is 1. The number of hydrogen-bond donors (Lipinski definition) is 1. The fraction of sp³-hybridized carbons (Fsp3) is 0.467. The number of nitrogens with zero attached hydrogens (tertiary/aromatic N) is 2. The van der Waals surface area contributed by atoms with Crippen LogP contribution >= 0.6 is 0 Å². The molecule has 2 rings (SSSR count). The Kier molecular flexibility index (Phi) is 4.53. The van der Waals surface area contributed by atoms with Gasteiger partial charge < -0.3 is 10.2 Å². The number of nitrogens with one attached hydrogen (secondary N) is 1. The normalized spacial score (nSPS) is 18.0. The molecule has 19 heavy (non-hydrogen) atoms. The van der Waals surface area contributed by atoms with Crippen molar-refractivity contribution in [2.45, 2.75) is 19.4 Å². The topological polar surface area (TPSA) is 56.1 Å². The van der Waals surface area contributed by atoms with Crippen molar-refractivity contribution in [1.82, 2.24) is 10.2 Å². The Hall–Kier alpha value is -1.86. The Bertz CT molecular complexity index is 486. The van der Waals surface area contributed by atoms with Gasteiger partial charge in [0.15, 0.2) is 0 Å². The molecule has 1 aliphatic rings. The van der Waals surface area contributed by atoms with Crippen molar-refractivity contribution in [1.29, 1.82) is 5.26 Å². The Morgan fingerprint density at radius 3 is 3.11 bits per heavy atom. The lowest BCUT2D eigenvalue weighted by molar-refractivity contribution is -0.131. The third kappa shape index (κ3) is 3.80. The molecule has 1 unspecified atom stereocenters. The van der Waals surface area contributed by atoms with Gasteiger partial charge in [-0.05, 0) is 43.1 Å². The second-order valence-electron chi connectivity index (χ2n) is 5.12. The van der Waals surface area contributed by atoms with Crippen LogP contribution in [-0.4, -0.2) is 30.9 Å². The number of carbonyl (C=O) groups excluding carboxylic acids is 1. The zero-order chi connectivity index (χ0) is 13.7. The first kappa shape index (κ1) is 13.6. The van der Waals surface area contributed by atoms with Crippen LogP contribution in [0.25, 0.3) is 0 Å². The summed E-state index contributed by atoms with van der Waals surface area (Å²) in [5.74, 6) is 0.649. The quantitative estimate of drug-likeness (QED) is 0.889. The van der Waals surface area contributed by atoms with E-state index >= 15 is 0 Å². The predicted molar refractivity (Wildman–Crippen MR) is 73.2 cm³/mol. The molecule has 100 valence electrons. The molecule has 1 heterocycles. The van der Waals surface area contributed by atoms with Crippen molar-refractivity contribution in [3.8, 4) is 6.07 Å². The van der Waals surface area contributed by atoms with Gasteiger partial charge in [0, 0.05) is 20.0 Å². The van der Waals surface area contributed by atoms with E-state index in [9.17, 15) is 4.79 Å². The van der Waals surface area contributed by atoms with Crippen LogP contribution in [0.2, 0.25) is 0 Å².